The van der Waals surface area contributed by atoms with Crippen LogP contribution >= 0.6 is 23.2 Å². The molecular formula is C10H20Cl2Hf. The molecule has 0 aromatic carbocycles. The molecule has 13 heavy (non-hydrogen) atoms. The molecule has 0 saturated heterocycles. The molecule has 0 unspecified atom stereocenters. The van der Waals surface area contributed by atoms with Gasteiger partial charge in [0.25, 0.3) is 0 Å². The fourth-order valence-corrected chi connectivity index (χ4v) is 0.340. The molecule has 0 aromatic rings. The van der Waals surface area contributed by atoms with Crippen molar-refractivity contribution < 1.29 is 25.8 Å². The molecule has 0 amide bonds. The van der Waals surface area contributed by atoms with E-state index in [2.05, 4.69) is 35.4 Å². The molecule has 0 radical (unpaired) electrons. The van der Waals surface area contributed by atoms with Gasteiger partial charge < -0.3 is 22.3 Å². The van der Waals surface area contributed by atoms with Gasteiger partial charge in [-0.05, 0) is 0 Å². The Balaban J connectivity index is -0.0000000141. The van der Waals surface area contributed by atoms with Crippen molar-refractivity contribution in [1.82, 2.24) is 0 Å². The Hall–Kier alpha value is 0.930. The van der Waals surface area contributed by atoms with Crippen LogP contribution in [0.2, 0.25) is 0 Å². The molecule has 0 fully saturated rings. The first-order valence-corrected chi connectivity index (χ1v) is 3.98. The second kappa shape index (κ2) is 52.3. The summed E-state index contributed by atoms with van der Waals surface area (Å²) in [4.78, 5) is 0. The van der Waals surface area contributed by atoms with Crippen molar-refractivity contribution >= 4 is 23.2 Å². The predicted molar refractivity (Wildman–Crippen MR) is 64.4 cm³/mol. The van der Waals surface area contributed by atoms with Gasteiger partial charge in [0.05, 0.1) is 0 Å². The van der Waals surface area contributed by atoms with E-state index in [9.17, 15) is 0 Å². The summed E-state index contributed by atoms with van der Waals surface area (Å²) >= 11 is 9.28. The van der Waals surface area contributed by atoms with Crippen molar-refractivity contribution in [2.24, 2.45) is 0 Å². The molecule has 0 aliphatic heterocycles. The first-order valence-electron chi connectivity index (χ1n) is 2.47. The van der Waals surface area contributed by atoms with Crippen molar-refractivity contribution in [1.29, 1.82) is 0 Å². The molecule has 1 aliphatic rings. The van der Waals surface area contributed by atoms with E-state index in [-0.39, 0.29) is 48.1 Å². The van der Waals surface area contributed by atoms with Gasteiger partial charge in [-0.2, -0.15) is 6.08 Å². The molecule has 0 aromatic heterocycles. The number of allylic oxidation sites excluding steroid dienone is 4. The summed E-state index contributed by atoms with van der Waals surface area (Å²) in [5, 5.41) is 0. The molecular weight excluding hydrogens is 370 g/mol. The Morgan fingerprint density at radius 3 is 1.46 bits per heavy atom. The van der Waals surface area contributed by atoms with Crippen molar-refractivity contribution in [3.8, 4) is 0 Å². The first-order chi connectivity index (χ1) is 4.50. The minimum Gasteiger partial charge on any atom is -0.358 e. The number of rotatable bonds is 0. The van der Waals surface area contributed by atoms with Crippen LogP contribution in [-0.2, 0) is 25.8 Å². The fourth-order valence-electron chi connectivity index (χ4n) is 0.340. The van der Waals surface area contributed by atoms with E-state index in [1.54, 1.807) is 0 Å². The predicted octanol–water partition coefficient (Wildman–Crippen LogP) is 4.36. The van der Waals surface area contributed by atoms with E-state index in [0.717, 1.165) is 6.42 Å². The maximum Gasteiger partial charge on any atom is 4.00 e. The SMILES string of the molecule is CCl.CCl.[C-]1=CC=CC1.[CH3-].[CH3-].[CH3-].[Hf+4]. The van der Waals surface area contributed by atoms with E-state index in [4.69, 9.17) is 0 Å². The number of halogens is 2. The average molecular weight is 390 g/mol. The fraction of sp³-hybridized carbons (Fsp3) is 0.300. The average Bonchev–Trinajstić information content (AvgIpc) is 2.51. The zero-order valence-electron chi connectivity index (χ0n) is 9.20. The summed E-state index contributed by atoms with van der Waals surface area (Å²) in [5.74, 6) is 0. The Bertz CT molecular complexity index is 71.0. The van der Waals surface area contributed by atoms with Crippen LogP contribution in [-0.4, -0.2) is 12.8 Å². The number of hydrogen-bond donors (Lipinski definition) is 0. The van der Waals surface area contributed by atoms with E-state index in [1.165, 1.54) is 12.8 Å². The van der Waals surface area contributed by atoms with Gasteiger partial charge in [0.15, 0.2) is 0 Å². The zero-order chi connectivity index (χ0) is 7.54. The van der Waals surface area contributed by atoms with Gasteiger partial charge in [-0.3, -0.25) is 6.08 Å². The van der Waals surface area contributed by atoms with Gasteiger partial charge in [0, 0.05) is 12.8 Å². The van der Waals surface area contributed by atoms with Gasteiger partial charge in [-0.15, -0.1) is 29.6 Å². The quantitative estimate of drug-likeness (QED) is 0.328. The first kappa shape index (κ1) is 37.0. The second-order valence-electron chi connectivity index (χ2n) is 1.00. The standard InChI is InChI=1S/C5H5.2CH3Cl.3CH3.Hf/c1-2-4-5-3-1;2*1-2;;;;/h1-3H,4H2;2*1H3;3*1H3;/q-1;;;3*-1;+4. The topological polar surface area (TPSA) is 0 Å². The van der Waals surface area contributed by atoms with E-state index >= 15 is 0 Å². The summed E-state index contributed by atoms with van der Waals surface area (Å²) < 4.78 is 0. The van der Waals surface area contributed by atoms with Gasteiger partial charge in [-0.1, -0.05) is 0 Å². The largest absolute Gasteiger partial charge is 4.00 e. The summed E-state index contributed by atoms with van der Waals surface area (Å²) in [6.45, 7) is 0. The molecule has 0 bridgehead atoms. The van der Waals surface area contributed by atoms with Crippen LogP contribution in [0.1, 0.15) is 6.42 Å². The molecule has 0 saturated carbocycles. The van der Waals surface area contributed by atoms with Gasteiger partial charge in [0.1, 0.15) is 0 Å². The maximum atomic E-state index is 4.64. The summed E-state index contributed by atoms with van der Waals surface area (Å²) in [6, 6.07) is 0. The summed E-state index contributed by atoms with van der Waals surface area (Å²) in [7, 11) is 0. The van der Waals surface area contributed by atoms with E-state index in [1.807, 2.05) is 12.2 Å². The van der Waals surface area contributed by atoms with Crippen LogP contribution < -0.4 is 0 Å². The van der Waals surface area contributed by atoms with Gasteiger partial charge in [-0.25, -0.2) is 12.2 Å². The monoisotopic (exact) mass is 390 g/mol. The van der Waals surface area contributed by atoms with Crippen LogP contribution in [0.15, 0.2) is 18.2 Å². The smallest absolute Gasteiger partial charge is 0.358 e. The third-order valence-corrected chi connectivity index (χ3v) is 0.586. The molecule has 78 valence electrons. The van der Waals surface area contributed by atoms with E-state index < -0.39 is 0 Å². The van der Waals surface area contributed by atoms with Crippen molar-refractivity contribution in [3.05, 3.63) is 46.6 Å². The normalized spacial score (nSPS) is 7.69. The molecule has 0 heterocycles. The minimum absolute atomic E-state index is 0. The molecule has 1 rings (SSSR count). The van der Waals surface area contributed by atoms with Crippen LogP contribution in [0.25, 0.3) is 0 Å². The second-order valence-corrected chi connectivity index (χ2v) is 1.00. The Kier molecular flexibility index (Phi) is 149. The molecule has 0 N–H and O–H groups in total. The minimum atomic E-state index is 0. The Morgan fingerprint density at radius 2 is 1.38 bits per heavy atom. The molecule has 0 nitrogen and oxygen atoms in total. The summed E-state index contributed by atoms with van der Waals surface area (Å²) in [5.41, 5.74) is 0. The summed E-state index contributed by atoms with van der Waals surface area (Å²) in [6.07, 6.45) is 12.9. The molecule has 1 aliphatic carbocycles. The zero-order valence-corrected chi connectivity index (χ0v) is 14.3. The number of hydrogen-bond acceptors (Lipinski definition) is 0. The van der Waals surface area contributed by atoms with E-state index in [0.29, 0.717) is 0 Å². The van der Waals surface area contributed by atoms with Crippen molar-refractivity contribution in [2.75, 3.05) is 12.8 Å². The van der Waals surface area contributed by atoms with Gasteiger partial charge >= 0.3 is 25.8 Å². The third-order valence-electron chi connectivity index (χ3n) is 0.586. The van der Waals surface area contributed by atoms with Crippen LogP contribution in [0, 0.1) is 28.4 Å². The van der Waals surface area contributed by atoms with Gasteiger partial charge in [0.2, 0.25) is 0 Å². The molecule has 0 atom stereocenters. The van der Waals surface area contributed by atoms with Crippen molar-refractivity contribution in [2.45, 2.75) is 6.42 Å². The number of alkyl halides is 2. The van der Waals surface area contributed by atoms with Crippen LogP contribution in [0.5, 0.6) is 0 Å². The maximum absolute atomic E-state index is 4.64. The molecule has 0 spiro atoms. The van der Waals surface area contributed by atoms with Crippen LogP contribution in [0.4, 0.5) is 0 Å². The van der Waals surface area contributed by atoms with Crippen LogP contribution in [0.3, 0.4) is 0 Å². The van der Waals surface area contributed by atoms with Crippen molar-refractivity contribution in [3.63, 3.8) is 0 Å². The Morgan fingerprint density at radius 1 is 1.00 bits per heavy atom. The Labute approximate surface area is 114 Å². The molecule has 3 heteroatoms. The third kappa shape index (κ3) is 43.9.